The molecule has 1 saturated carbocycles. The number of nitrogens with one attached hydrogen (secondary N) is 1. The van der Waals surface area contributed by atoms with Crippen LogP contribution in [0.25, 0.3) is 0 Å². The van der Waals surface area contributed by atoms with Gasteiger partial charge in [-0.25, -0.2) is 0 Å². The number of rotatable bonds is 2. The number of carbonyl (C=O) groups is 1. The fourth-order valence-electron chi connectivity index (χ4n) is 3.18. The maximum absolute atomic E-state index is 12.2. The van der Waals surface area contributed by atoms with Crippen molar-refractivity contribution in [2.45, 2.75) is 31.7 Å². The van der Waals surface area contributed by atoms with E-state index in [1.54, 1.807) is 0 Å². The lowest BCUT2D eigenvalue weighted by Crippen LogP contribution is -2.54. The minimum Gasteiger partial charge on any atom is -0.340 e. The molecule has 112 valence electrons. The Morgan fingerprint density at radius 1 is 1.00 bits per heavy atom. The summed E-state index contributed by atoms with van der Waals surface area (Å²) in [5.74, 6) is 0.647. The normalized spacial score (nSPS) is 28.2. The lowest BCUT2D eigenvalue weighted by atomic mass is 9.91. The number of halogens is 2. The van der Waals surface area contributed by atoms with Crippen molar-refractivity contribution < 1.29 is 4.79 Å². The van der Waals surface area contributed by atoms with Gasteiger partial charge in [-0.15, -0.1) is 24.8 Å². The van der Waals surface area contributed by atoms with Gasteiger partial charge in [0.2, 0.25) is 5.91 Å². The number of hydrogen-bond acceptors (Lipinski definition) is 3. The average Bonchev–Trinajstić information content (AvgIpc) is 2.80. The molecule has 0 bridgehead atoms. The van der Waals surface area contributed by atoms with Crippen molar-refractivity contribution in [2.75, 3.05) is 39.3 Å². The number of amides is 1. The third-order valence-electron chi connectivity index (χ3n) is 4.63. The van der Waals surface area contributed by atoms with Crippen molar-refractivity contribution in [1.82, 2.24) is 15.1 Å². The topological polar surface area (TPSA) is 35.6 Å². The molecule has 3 aliphatic rings. The molecule has 3 rings (SSSR count). The summed E-state index contributed by atoms with van der Waals surface area (Å²) in [4.78, 5) is 16.9. The fourth-order valence-corrected chi connectivity index (χ4v) is 3.18. The first kappa shape index (κ1) is 17.0. The smallest absolute Gasteiger partial charge is 0.227 e. The summed E-state index contributed by atoms with van der Waals surface area (Å²) >= 11 is 0. The molecule has 0 spiro atoms. The molecule has 4 nitrogen and oxygen atoms in total. The molecular formula is C13H25Cl2N3O. The van der Waals surface area contributed by atoms with Crippen molar-refractivity contribution >= 4 is 30.7 Å². The van der Waals surface area contributed by atoms with E-state index in [1.165, 1.54) is 19.3 Å². The highest BCUT2D eigenvalue weighted by atomic mass is 35.5. The van der Waals surface area contributed by atoms with E-state index in [9.17, 15) is 4.79 Å². The molecule has 2 aliphatic heterocycles. The van der Waals surface area contributed by atoms with Crippen LogP contribution in [0.5, 0.6) is 0 Å². The Bertz CT molecular complexity index is 286. The highest BCUT2D eigenvalue weighted by molar-refractivity contribution is 5.85. The van der Waals surface area contributed by atoms with E-state index < -0.39 is 0 Å². The van der Waals surface area contributed by atoms with Gasteiger partial charge in [0, 0.05) is 38.8 Å². The molecule has 0 radical (unpaired) electrons. The molecule has 1 N–H and O–H groups in total. The summed E-state index contributed by atoms with van der Waals surface area (Å²) in [5, 5.41) is 3.28. The van der Waals surface area contributed by atoms with E-state index in [2.05, 4.69) is 15.1 Å². The van der Waals surface area contributed by atoms with Crippen LogP contribution in [0.3, 0.4) is 0 Å². The van der Waals surface area contributed by atoms with Crippen LogP contribution in [0.4, 0.5) is 0 Å². The Kier molecular flexibility index (Phi) is 6.87. The average molecular weight is 310 g/mol. The Balaban J connectivity index is 0.000000902. The molecular weight excluding hydrogens is 285 g/mol. The summed E-state index contributed by atoms with van der Waals surface area (Å²) in [6, 6.07) is 0.834. The van der Waals surface area contributed by atoms with Crippen LogP contribution in [-0.4, -0.2) is 61.0 Å². The van der Waals surface area contributed by atoms with E-state index >= 15 is 0 Å². The van der Waals surface area contributed by atoms with Crippen LogP contribution in [0.15, 0.2) is 0 Å². The van der Waals surface area contributed by atoms with Gasteiger partial charge in [0.25, 0.3) is 0 Å². The summed E-state index contributed by atoms with van der Waals surface area (Å²) in [6.07, 6.45) is 5.18. The van der Waals surface area contributed by atoms with E-state index in [0.29, 0.717) is 5.91 Å². The highest BCUT2D eigenvalue weighted by Crippen LogP contribution is 2.25. The van der Waals surface area contributed by atoms with E-state index in [4.69, 9.17) is 0 Å². The Morgan fingerprint density at radius 3 is 2.16 bits per heavy atom. The second kappa shape index (κ2) is 7.67. The van der Waals surface area contributed by atoms with Crippen molar-refractivity contribution in [3.8, 4) is 0 Å². The van der Waals surface area contributed by atoms with Crippen molar-refractivity contribution in [3.63, 3.8) is 0 Å². The minimum atomic E-state index is 0. The van der Waals surface area contributed by atoms with Gasteiger partial charge in [0.05, 0.1) is 5.92 Å². The molecule has 1 unspecified atom stereocenters. The molecule has 1 amide bonds. The quantitative estimate of drug-likeness (QED) is 0.831. The molecule has 0 aromatic carbocycles. The van der Waals surface area contributed by atoms with Crippen molar-refractivity contribution in [3.05, 3.63) is 0 Å². The second-order valence-electron chi connectivity index (χ2n) is 5.64. The molecule has 1 atom stereocenters. The monoisotopic (exact) mass is 309 g/mol. The molecule has 1 aliphatic carbocycles. The first-order chi connectivity index (χ1) is 8.34. The number of carbonyl (C=O) groups excluding carboxylic acids is 1. The largest absolute Gasteiger partial charge is 0.340 e. The molecule has 0 aromatic rings. The molecule has 3 fully saturated rings. The SMILES string of the molecule is Cl.Cl.O=C(C1CCNC1)N1CCN(C2CCC2)CC1. The van der Waals surface area contributed by atoms with Gasteiger partial charge in [-0.2, -0.15) is 0 Å². The van der Waals surface area contributed by atoms with E-state index in [-0.39, 0.29) is 30.7 Å². The van der Waals surface area contributed by atoms with E-state index in [1.807, 2.05) is 0 Å². The Labute approximate surface area is 128 Å². The van der Waals surface area contributed by atoms with Crippen LogP contribution in [-0.2, 0) is 4.79 Å². The van der Waals surface area contributed by atoms with Crippen LogP contribution >= 0.6 is 24.8 Å². The molecule has 2 saturated heterocycles. The van der Waals surface area contributed by atoms with Gasteiger partial charge in [-0.05, 0) is 25.8 Å². The predicted octanol–water partition coefficient (Wildman–Crippen LogP) is 1.14. The molecule has 0 aromatic heterocycles. The molecule has 19 heavy (non-hydrogen) atoms. The summed E-state index contributed by atoms with van der Waals surface area (Å²) < 4.78 is 0. The first-order valence-corrected chi connectivity index (χ1v) is 7.08. The third-order valence-corrected chi connectivity index (χ3v) is 4.63. The van der Waals surface area contributed by atoms with Crippen molar-refractivity contribution in [2.24, 2.45) is 5.92 Å². The summed E-state index contributed by atoms with van der Waals surface area (Å²) in [5.41, 5.74) is 0. The van der Waals surface area contributed by atoms with Crippen LogP contribution in [0.2, 0.25) is 0 Å². The predicted molar refractivity (Wildman–Crippen MR) is 81.3 cm³/mol. The van der Waals surface area contributed by atoms with Gasteiger partial charge in [0.15, 0.2) is 0 Å². The highest BCUT2D eigenvalue weighted by Gasteiger charge is 2.32. The van der Waals surface area contributed by atoms with Gasteiger partial charge >= 0.3 is 0 Å². The molecule has 6 heteroatoms. The second-order valence-corrected chi connectivity index (χ2v) is 5.64. The lowest BCUT2D eigenvalue weighted by Gasteiger charge is -2.43. The van der Waals surface area contributed by atoms with Gasteiger partial charge < -0.3 is 10.2 Å². The maximum atomic E-state index is 12.2. The number of nitrogens with zero attached hydrogens (tertiary/aromatic N) is 2. The maximum Gasteiger partial charge on any atom is 0.227 e. The van der Waals surface area contributed by atoms with E-state index in [0.717, 1.165) is 51.7 Å². The zero-order valence-electron chi connectivity index (χ0n) is 11.3. The third kappa shape index (κ3) is 3.75. The van der Waals surface area contributed by atoms with Gasteiger partial charge in [-0.1, -0.05) is 6.42 Å². The van der Waals surface area contributed by atoms with Crippen LogP contribution in [0, 0.1) is 5.92 Å². The zero-order valence-corrected chi connectivity index (χ0v) is 13.0. The minimum absolute atomic E-state index is 0. The van der Waals surface area contributed by atoms with Gasteiger partial charge in [0.1, 0.15) is 0 Å². The number of piperazine rings is 1. The first-order valence-electron chi connectivity index (χ1n) is 7.08. The summed E-state index contributed by atoms with van der Waals surface area (Å²) in [6.45, 7) is 5.99. The number of hydrogen-bond donors (Lipinski definition) is 1. The standard InChI is InChI=1S/C13H23N3O.2ClH/c17-13(11-4-5-14-10-11)16-8-6-15(7-9-16)12-2-1-3-12;;/h11-12,14H,1-10H2;2*1H. The summed E-state index contributed by atoms with van der Waals surface area (Å²) in [7, 11) is 0. The lowest BCUT2D eigenvalue weighted by molar-refractivity contribution is -0.137. The van der Waals surface area contributed by atoms with Crippen LogP contribution in [0.1, 0.15) is 25.7 Å². The Morgan fingerprint density at radius 2 is 1.68 bits per heavy atom. The van der Waals surface area contributed by atoms with Crippen molar-refractivity contribution in [1.29, 1.82) is 0 Å². The van der Waals surface area contributed by atoms with Gasteiger partial charge in [-0.3, -0.25) is 9.69 Å². The zero-order chi connectivity index (χ0) is 11.7. The molecule has 2 heterocycles. The van der Waals surface area contributed by atoms with Crippen LogP contribution < -0.4 is 5.32 Å². The fraction of sp³-hybridized carbons (Fsp3) is 0.923. The Hall–Kier alpha value is -0.0300.